The van der Waals surface area contributed by atoms with E-state index in [1.54, 1.807) is 0 Å². The molecule has 1 aromatic rings. The molecule has 134 valence electrons. The number of amides is 3. The molecular formula is C16H18FN3O5. The second kappa shape index (κ2) is 7.06. The maximum absolute atomic E-state index is 14.2. The third-order valence-corrected chi connectivity index (χ3v) is 4.25. The number of nitrogens with one attached hydrogen (secondary N) is 1. The van der Waals surface area contributed by atoms with Gasteiger partial charge in [-0.05, 0) is 18.2 Å². The summed E-state index contributed by atoms with van der Waals surface area (Å²) in [5.41, 5.74) is 0.234. The number of rotatable bonds is 4. The molecule has 2 heterocycles. The quantitative estimate of drug-likeness (QED) is 0.831. The van der Waals surface area contributed by atoms with E-state index in [1.165, 1.54) is 21.9 Å². The summed E-state index contributed by atoms with van der Waals surface area (Å²) in [6.07, 6.45) is -0.276. The van der Waals surface area contributed by atoms with Crippen LogP contribution in [0, 0.1) is 5.82 Å². The van der Waals surface area contributed by atoms with E-state index < -0.39 is 23.7 Å². The summed E-state index contributed by atoms with van der Waals surface area (Å²) in [6, 6.07) is 2.94. The van der Waals surface area contributed by atoms with Crippen LogP contribution in [0.2, 0.25) is 0 Å². The van der Waals surface area contributed by atoms with Gasteiger partial charge in [0.25, 0.3) is 5.91 Å². The van der Waals surface area contributed by atoms with Crippen LogP contribution in [-0.4, -0.2) is 66.8 Å². The fourth-order valence-electron chi connectivity index (χ4n) is 3.01. The van der Waals surface area contributed by atoms with Crippen molar-refractivity contribution in [2.45, 2.75) is 12.5 Å². The number of anilines is 1. The Bertz CT molecular complexity index is 711. The Morgan fingerprint density at radius 3 is 2.84 bits per heavy atom. The summed E-state index contributed by atoms with van der Waals surface area (Å²) in [6.45, 7) is 1.44. The predicted molar refractivity (Wildman–Crippen MR) is 85.0 cm³/mol. The summed E-state index contributed by atoms with van der Waals surface area (Å²) < 4.78 is 19.5. The topological polar surface area (TPSA) is 99.2 Å². The highest BCUT2D eigenvalue weighted by Gasteiger charge is 2.32. The summed E-state index contributed by atoms with van der Waals surface area (Å²) in [7, 11) is 0. The third-order valence-electron chi connectivity index (χ3n) is 4.25. The van der Waals surface area contributed by atoms with Gasteiger partial charge in [-0.2, -0.15) is 0 Å². The minimum atomic E-state index is -1.06. The number of carbonyl (C=O) groups is 3. The molecule has 2 N–H and O–H groups in total. The molecule has 0 saturated carbocycles. The number of nitrogens with zero attached hydrogens (tertiary/aromatic N) is 2. The number of carbonyl (C=O) groups excluding carboxylic acids is 2. The highest BCUT2D eigenvalue weighted by Crippen LogP contribution is 2.23. The number of halogens is 1. The van der Waals surface area contributed by atoms with E-state index in [2.05, 4.69) is 5.32 Å². The van der Waals surface area contributed by atoms with Gasteiger partial charge in [0.15, 0.2) is 0 Å². The number of hydrogen-bond donors (Lipinski definition) is 2. The highest BCUT2D eigenvalue weighted by atomic mass is 19.1. The van der Waals surface area contributed by atoms with Crippen LogP contribution in [0.5, 0.6) is 0 Å². The smallest absolute Gasteiger partial charge is 0.321 e. The molecule has 0 bridgehead atoms. The zero-order valence-corrected chi connectivity index (χ0v) is 13.4. The second-order valence-corrected chi connectivity index (χ2v) is 5.87. The standard InChI is InChI=1S/C16H18FN3O5/c17-13-2-1-10(20-4-3-18-16(20)24)7-12(13)15(23)19-5-6-25-9-11(19)8-14(21)22/h1-2,7,11H,3-6,8-9H2,(H,18,24)(H,21,22). The first-order chi connectivity index (χ1) is 12.0. The first kappa shape index (κ1) is 17.2. The Morgan fingerprint density at radius 1 is 1.36 bits per heavy atom. The molecule has 3 amide bonds. The van der Waals surface area contributed by atoms with E-state index in [4.69, 9.17) is 9.84 Å². The van der Waals surface area contributed by atoms with Crippen molar-refractivity contribution < 1.29 is 28.6 Å². The second-order valence-electron chi connectivity index (χ2n) is 5.87. The monoisotopic (exact) mass is 351 g/mol. The van der Waals surface area contributed by atoms with Gasteiger partial charge in [-0.25, -0.2) is 9.18 Å². The minimum Gasteiger partial charge on any atom is -0.481 e. The van der Waals surface area contributed by atoms with Crippen molar-refractivity contribution in [3.05, 3.63) is 29.6 Å². The van der Waals surface area contributed by atoms with Crippen LogP contribution in [-0.2, 0) is 9.53 Å². The van der Waals surface area contributed by atoms with Gasteiger partial charge in [0, 0.05) is 25.3 Å². The molecule has 2 saturated heterocycles. The molecule has 2 aliphatic heterocycles. The van der Waals surface area contributed by atoms with Crippen LogP contribution in [0.3, 0.4) is 0 Å². The number of aliphatic carboxylic acids is 1. The van der Waals surface area contributed by atoms with E-state index in [-0.39, 0.29) is 37.8 Å². The van der Waals surface area contributed by atoms with Gasteiger partial charge in [-0.3, -0.25) is 14.5 Å². The number of urea groups is 1. The van der Waals surface area contributed by atoms with Crippen LogP contribution in [0.1, 0.15) is 16.8 Å². The molecule has 8 nitrogen and oxygen atoms in total. The third kappa shape index (κ3) is 3.55. The number of hydrogen-bond acceptors (Lipinski definition) is 4. The predicted octanol–water partition coefficient (Wildman–Crippen LogP) is 0.671. The Balaban J connectivity index is 1.87. The first-order valence-corrected chi connectivity index (χ1v) is 7.93. The van der Waals surface area contributed by atoms with Gasteiger partial charge in [0.1, 0.15) is 5.82 Å². The first-order valence-electron chi connectivity index (χ1n) is 7.93. The SMILES string of the molecule is O=C(O)CC1COCCN1C(=O)c1cc(N2CCNC2=O)ccc1F. The average Bonchev–Trinajstić information content (AvgIpc) is 3.01. The van der Waals surface area contributed by atoms with Crippen LogP contribution in [0.4, 0.5) is 14.9 Å². The summed E-state index contributed by atoms with van der Waals surface area (Å²) in [4.78, 5) is 38.3. The van der Waals surface area contributed by atoms with E-state index in [0.717, 1.165) is 6.07 Å². The van der Waals surface area contributed by atoms with Gasteiger partial charge in [-0.1, -0.05) is 0 Å². The molecular weight excluding hydrogens is 333 g/mol. The number of carboxylic acid groups (broad SMARTS) is 1. The lowest BCUT2D eigenvalue weighted by Crippen LogP contribution is -2.49. The van der Waals surface area contributed by atoms with E-state index in [1.807, 2.05) is 0 Å². The molecule has 9 heteroatoms. The highest BCUT2D eigenvalue weighted by molar-refractivity contribution is 5.99. The molecule has 0 spiro atoms. The number of ether oxygens (including phenoxy) is 1. The molecule has 3 rings (SSSR count). The summed E-state index contributed by atoms with van der Waals surface area (Å²) >= 11 is 0. The lowest BCUT2D eigenvalue weighted by atomic mass is 10.1. The number of carboxylic acids is 1. The maximum atomic E-state index is 14.2. The van der Waals surface area contributed by atoms with Crippen LogP contribution >= 0.6 is 0 Å². The maximum Gasteiger partial charge on any atom is 0.321 e. The molecule has 0 aromatic heterocycles. The van der Waals surface area contributed by atoms with Gasteiger partial charge < -0.3 is 20.1 Å². The normalized spacial score (nSPS) is 20.5. The Kier molecular flexibility index (Phi) is 4.84. The molecule has 1 aromatic carbocycles. The van der Waals surface area contributed by atoms with Gasteiger partial charge in [-0.15, -0.1) is 0 Å². The zero-order chi connectivity index (χ0) is 18.0. The van der Waals surface area contributed by atoms with Crippen molar-refractivity contribution in [3.63, 3.8) is 0 Å². The van der Waals surface area contributed by atoms with Crippen molar-refractivity contribution in [1.82, 2.24) is 10.2 Å². The van der Waals surface area contributed by atoms with Crippen molar-refractivity contribution >= 4 is 23.6 Å². The van der Waals surface area contributed by atoms with Crippen molar-refractivity contribution in [2.24, 2.45) is 0 Å². The molecule has 2 aliphatic rings. The molecule has 0 radical (unpaired) electrons. The summed E-state index contributed by atoms with van der Waals surface area (Å²) in [5, 5.41) is 11.6. The summed E-state index contributed by atoms with van der Waals surface area (Å²) in [5.74, 6) is -2.38. The fourth-order valence-corrected chi connectivity index (χ4v) is 3.01. The van der Waals surface area contributed by atoms with Gasteiger partial charge in [0.2, 0.25) is 0 Å². The molecule has 0 aliphatic carbocycles. The van der Waals surface area contributed by atoms with Gasteiger partial charge >= 0.3 is 12.0 Å². The van der Waals surface area contributed by atoms with E-state index in [0.29, 0.717) is 18.8 Å². The van der Waals surface area contributed by atoms with Crippen molar-refractivity contribution in [3.8, 4) is 0 Å². The Morgan fingerprint density at radius 2 is 2.16 bits per heavy atom. The average molecular weight is 351 g/mol. The van der Waals surface area contributed by atoms with Crippen LogP contribution in [0.25, 0.3) is 0 Å². The van der Waals surface area contributed by atoms with Crippen LogP contribution < -0.4 is 10.2 Å². The zero-order valence-electron chi connectivity index (χ0n) is 13.4. The molecule has 25 heavy (non-hydrogen) atoms. The number of morpholine rings is 1. The number of benzene rings is 1. The lowest BCUT2D eigenvalue weighted by Gasteiger charge is -2.35. The Labute approximate surface area is 143 Å². The molecule has 2 fully saturated rings. The lowest BCUT2D eigenvalue weighted by molar-refractivity contribution is -0.139. The van der Waals surface area contributed by atoms with Crippen molar-refractivity contribution in [2.75, 3.05) is 37.7 Å². The molecule has 1 unspecified atom stereocenters. The fraction of sp³-hybridized carbons (Fsp3) is 0.438. The largest absolute Gasteiger partial charge is 0.481 e. The van der Waals surface area contributed by atoms with Gasteiger partial charge in [0.05, 0.1) is 31.2 Å². The van der Waals surface area contributed by atoms with Crippen molar-refractivity contribution in [1.29, 1.82) is 0 Å². The minimum absolute atomic E-state index is 0.0912. The van der Waals surface area contributed by atoms with E-state index >= 15 is 0 Å². The van der Waals surface area contributed by atoms with E-state index in [9.17, 15) is 18.8 Å². The Hall–Kier alpha value is -2.68. The van der Waals surface area contributed by atoms with Crippen LogP contribution in [0.15, 0.2) is 18.2 Å². The molecule has 1 atom stereocenters.